The zero-order valence-electron chi connectivity index (χ0n) is 14.7. The van der Waals surface area contributed by atoms with Gasteiger partial charge in [-0.15, -0.1) is 0 Å². The summed E-state index contributed by atoms with van der Waals surface area (Å²) in [5, 5.41) is 9.22. The average molecular weight is 367 g/mol. The number of para-hydroxylation sites is 1. The van der Waals surface area contributed by atoms with Crippen molar-refractivity contribution in [3.8, 4) is 17.2 Å². The first-order valence-electron chi connectivity index (χ1n) is 8.56. The highest BCUT2D eigenvalue weighted by molar-refractivity contribution is 5.72. The minimum absolute atomic E-state index is 0.178. The van der Waals surface area contributed by atoms with E-state index in [0.717, 1.165) is 17.2 Å². The van der Waals surface area contributed by atoms with Crippen LogP contribution in [0.15, 0.2) is 67.1 Å². The second kappa shape index (κ2) is 8.98. The van der Waals surface area contributed by atoms with Crippen LogP contribution in [0.5, 0.6) is 11.5 Å². The Kier molecular flexibility index (Phi) is 6.19. The molecule has 3 aromatic rings. The first-order valence-corrected chi connectivity index (χ1v) is 8.56. The monoisotopic (exact) mass is 367 g/mol. The smallest absolute Gasteiger partial charge is 0.333 e. The number of nitrogens with zero attached hydrogens (tertiary/aromatic N) is 2. The van der Waals surface area contributed by atoms with E-state index in [2.05, 4.69) is 4.98 Å². The minimum atomic E-state index is -1.03. The molecule has 7 nitrogen and oxygen atoms in total. The molecule has 0 spiro atoms. The maximum Gasteiger partial charge on any atom is 0.333 e. The SMILES string of the molecule is NCCOC(Cc1cn(-c2ccc(Oc3ccccc3)cc2)cn1)C(=O)O. The van der Waals surface area contributed by atoms with Gasteiger partial charge in [0.2, 0.25) is 0 Å². The predicted molar refractivity (Wildman–Crippen MR) is 100 cm³/mol. The fourth-order valence-electron chi connectivity index (χ4n) is 2.54. The summed E-state index contributed by atoms with van der Waals surface area (Å²) in [7, 11) is 0. The number of carboxylic acids is 1. The molecule has 0 saturated heterocycles. The number of nitrogens with two attached hydrogens (primary N) is 1. The average Bonchev–Trinajstić information content (AvgIpc) is 3.15. The molecule has 1 unspecified atom stereocenters. The molecule has 7 heteroatoms. The van der Waals surface area contributed by atoms with E-state index < -0.39 is 12.1 Å². The van der Waals surface area contributed by atoms with E-state index in [0.29, 0.717) is 5.69 Å². The number of hydrogen-bond donors (Lipinski definition) is 2. The van der Waals surface area contributed by atoms with Crippen LogP contribution in [0, 0.1) is 0 Å². The first-order chi connectivity index (χ1) is 13.2. The van der Waals surface area contributed by atoms with Gasteiger partial charge in [-0.2, -0.15) is 0 Å². The van der Waals surface area contributed by atoms with Gasteiger partial charge >= 0.3 is 5.97 Å². The van der Waals surface area contributed by atoms with Crippen molar-refractivity contribution >= 4 is 5.97 Å². The number of aromatic nitrogens is 2. The topological polar surface area (TPSA) is 99.6 Å². The van der Waals surface area contributed by atoms with E-state index in [1.165, 1.54) is 0 Å². The van der Waals surface area contributed by atoms with Crippen molar-refractivity contribution in [3.05, 3.63) is 72.8 Å². The van der Waals surface area contributed by atoms with Crippen LogP contribution in [0.4, 0.5) is 0 Å². The van der Waals surface area contributed by atoms with E-state index in [9.17, 15) is 9.90 Å². The van der Waals surface area contributed by atoms with Crippen molar-refractivity contribution in [1.82, 2.24) is 9.55 Å². The van der Waals surface area contributed by atoms with Gasteiger partial charge in [0.15, 0.2) is 6.10 Å². The Morgan fingerprint density at radius 3 is 2.48 bits per heavy atom. The van der Waals surface area contributed by atoms with Gasteiger partial charge in [-0.05, 0) is 36.4 Å². The third kappa shape index (κ3) is 5.16. The molecule has 0 aliphatic rings. The van der Waals surface area contributed by atoms with E-state index in [1.807, 2.05) is 59.2 Å². The molecular weight excluding hydrogens is 346 g/mol. The van der Waals surface area contributed by atoms with Crippen LogP contribution in [0.25, 0.3) is 5.69 Å². The Balaban J connectivity index is 1.66. The Morgan fingerprint density at radius 1 is 1.11 bits per heavy atom. The molecule has 0 radical (unpaired) electrons. The quantitative estimate of drug-likeness (QED) is 0.603. The summed E-state index contributed by atoms with van der Waals surface area (Å²) in [6.07, 6.45) is 2.65. The molecule has 0 amide bonds. The molecule has 0 fully saturated rings. The molecule has 2 aromatic carbocycles. The van der Waals surface area contributed by atoms with Crippen LogP contribution in [0.3, 0.4) is 0 Å². The van der Waals surface area contributed by atoms with Gasteiger partial charge in [0.1, 0.15) is 11.5 Å². The fraction of sp³-hybridized carbons (Fsp3) is 0.200. The van der Waals surface area contributed by atoms with Crippen LogP contribution < -0.4 is 10.5 Å². The number of ether oxygens (including phenoxy) is 2. The number of carboxylic acid groups (broad SMARTS) is 1. The summed E-state index contributed by atoms with van der Waals surface area (Å²) < 4.78 is 12.9. The van der Waals surface area contributed by atoms with Crippen molar-refractivity contribution in [3.63, 3.8) is 0 Å². The Morgan fingerprint density at radius 2 is 1.81 bits per heavy atom. The lowest BCUT2D eigenvalue weighted by atomic mass is 10.2. The highest BCUT2D eigenvalue weighted by atomic mass is 16.5. The zero-order chi connectivity index (χ0) is 19.1. The molecule has 0 aliphatic carbocycles. The van der Waals surface area contributed by atoms with Crippen LogP contribution in [-0.2, 0) is 16.0 Å². The lowest BCUT2D eigenvalue weighted by Gasteiger charge is -2.11. The summed E-state index contributed by atoms with van der Waals surface area (Å²) in [6, 6.07) is 17.1. The maximum atomic E-state index is 11.3. The molecule has 1 heterocycles. The van der Waals surface area contributed by atoms with E-state index in [4.69, 9.17) is 15.2 Å². The summed E-state index contributed by atoms with van der Waals surface area (Å²) in [5.41, 5.74) is 6.88. The predicted octanol–water partition coefficient (Wildman–Crippen LogP) is 2.64. The van der Waals surface area contributed by atoms with Crippen LogP contribution >= 0.6 is 0 Å². The molecule has 0 aliphatic heterocycles. The van der Waals surface area contributed by atoms with E-state index in [1.54, 1.807) is 12.5 Å². The maximum absolute atomic E-state index is 11.3. The molecule has 0 bridgehead atoms. The summed E-state index contributed by atoms with van der Waals surface area (Å²) >= 11 is 0. The van der Waals surface area contributed by atoms with Gasteiger partial charge in [0.25, 0.3) is 0 Å². The second-order valence-corrected chi connectivity index (χ2v) is 5.87. The largest absolute Gasteiger partial charge is 0.479 e. The molecule has 140 valence electrons. The number of carbonyl (C=O) groups is 1. The van der Waals surface area contributed by atoms with Gasteiger partial charge in [0, 0.05) is 24.8 Å². The first kappa shape index (κ1) is 18.6. The molecule has 3 N–H and O–H groups in total. The highest BCUT2D eigenvalue weighted by Crippen LogP contribution is 2.22. The number of benzene rings is 2. The third-order valence-corrected chi connectivity index (χ3v) is 3.86. The molecule has 0 saturated carbocycles. The molecule has 3 rings (SSSR count). The van der Waals surface area contributed by atoms with Crippen molar-refractivity contribution in [2.75, 3.05) is 13.2 Å². The van der Waals surface area contributed by atoms with Gasteiger partial charge < -0.3 is 24.9 Å². The van der Waals surface area contributed by atoms with Crippen molar-refractivity contribution in [1.29, 1.82) is 0 Å². The number of rotatable bonds is 9. The van der Waals surface area contributed by atoms with Gasteiger partial charge in [-0.1, -0.05) is 18.2 Å². The van der Waals surface area contributed by atoms with E-state index in [-0.39, 0.29) is 19.6 Å². The number of hydrogen-bond acceptors (Lipinski definition) is 5. The van der Waals surface area contributed by atoms with E-state index >= 15 is 0 Å². The molecule has 1 atom stereocenters. The molecule has 27 heavy (non-hydrogen) atoms. The standard InChI is InChI=1S/C20H21N3O4/c21-10-11-26-19(20(24)25)12-15-13-23(14-22-15)16-6-8-18(9-7-16)27-17-4-2-1-3-5-17/h1-9,13-14,19H,10-12,21H2,(H,24,25). The van der Waals surface area contributed by atoms with Gasteiger partial charge in [0.05, 0.1) is 18.6 Å². The van der Waals surface area contributed by atoms with Gasteiger partial charge in [-0.25, -0.2) is 9.78 Å². The zero-order valence-corrected chi connectivity index (χ0v) is 14.7. The second-order valence-electron chi connectivity index (χ2n) is 5.87. The Labute approximate surface area is 157 Å². The minimum Gasteiger partial charge on any atom is -0.479 e. The van der Waals surface area contributed by atoms with Crippen LogP contribution in [0.1, 0.15) is 5.69 Å². The number of imidazole rings is 1. The molecule has 1 aromatic heterocycles. The lowest BCUT2D eigenvalue weighted by Crippen LogP contribution is -2.28. The van der Waals surface area contributed by atoms with Crippen molar-refractivity contribution < 1.29 is 19.4 Å². The molecular formula is C20H21N3O4. The Bertz CT molecular complexity index is 862. The normalized spacial score (nSPS) is 11.9. The fourth-order valence-corrected chi connectivity index (χ4v) is 2.54. The van der Waals surface area contributed by atoms with Crippen molar-refractivity contribution in [2.45, 2.75) is 12.5 Å². The van der Waals surface area contributed by atoms with Gasteiger partial charge in [-0.3, -0.25) is 0 Å². The highest BCUT2D eigenvalue weighted by Gasteiger charge is 2.19. The Hall–Kier alpha value is -3.16. The summed E-state index contributed by atoms with van der Waals surface area (Å²) in [6.45, 7) is 0.468. The lowest BCUT2D eigenvalue weighted by molar-refractivity contribution is -0.150. The van der Waals surface area contributed by atoms with Crippen LogP contribution in [-0.4, -0.2) is 39.9 Å². The summed E-state index contributed by atoms with van der Waals surface area (Å²) in [4.78, 5) is 15.5. The third-order valence-electron chi connectivity index (χ3n) is 3.86. The summed E-state index contributed by atoms with van der Waals surface area (Å²) in [5.74, 6) is 0.471. The van der Waals surface area contributed by atoms with Crippen molar-refractivity contribution in [2.24, 2.45) is 5.73 Å². The number of aliphatic carboxylic acids is 1. The van der Waals surface area contributed by atoms with Crippen LogP contribution in [0.2, 0.25) is 0 Å².